The largest absolute Gasteiger partial charge is 0.399 e. The number of nitrogens with zero attached hydrogens (tertiary/aromatic N) is 1. The summed E-state index contributed by atoms with van der Waals surface area (Å²) in [5, 5.41) is 3.26. The first-order chi connectivity index (χ1) is 10.1. The number of nitrogen functional groups attached to an aromatic ring is 1. The fourth-order valence-electron chi connectivity index (χ4n) is 2.27. The SMILES string of the molecule is Cc1ccc(Cc2nc(-c3ccc(N)cc3)cs2)cc1C. The first-order valence-electron chi connectivity index (χ1n) is 6.98. The van der Waals surface area contributed by atoms with Crippen LogP contribution in [0.4, 0.5) is 5.69 Å². The van der Waals surface area contributed by atoms with E-state index in [-0.39, 0.29) is 0 Å². The fraction of sp³-hybridized carbons (Fsp3) is 0.167. The van der Waals surface area contributed by atoms with Gasteiger partial charge in [0.2, 0.25) is 0 Å². The van der Waals surface area contributed by atoms with Crippen molar-refractivity contribution in [2.75, 3.05) is 5.73 Å². The van der Waals surface area contributed by atoms with E-state index in [0.717, 1.165) is 28.4 Å². The van der Waals surface area contributed by atoms with Crippen LogP contribution in [0.25, 0.3) is 11.3 Å². The average molecular weight is 294 g/mol. The fourth-order valence-corrected chi connectivity index (χ4v) is 3.10. The van der Waals surface area contributed by atoms with Gasteiger partial charge in [0.1, 0.15) is 0 Å². The van der Waals surface area contributed by atoms with Crippen molar-refractivity contribution >= 4 is 17.0 Å². The van der Waals surface area contributed by atoms with Crippen molar-refractivity contribution in [3.63, 3.8) is 0 Å². The Labute approximate surface area is 129 Å². The summed E-state index contributed by atoms with van der Waals surface area (Å²) in [4.78, 5) is 4.74. The summed E-state index contributed by atoms with van der Waals surface area (Å²) < 4.78 is 0. The molecule has 2 N–H and O–H groups in total. The number of aryl methyl sites for hydroxylation is 2. The number of aromatic nitrogens is 1. The average Bonchev–Trinajstić information content (AvgIpc) is 2.92. The van der Waals surface area contributed by atoms with E-state index in [1.165, 1.54) is 16.7 Å². The Bertz CT molecular complexity index is 757. The Morgan fingerprint density at radius 1 is 1.00 bits per heavy atom. The van der Waals surface area contributed by atoms with Crippen molar-refractivity contribution in [1.29, 1.82) is 0 Å². The monoisotopic (exact) mass is 294 g/mol. The minimum atomic E-state index is 0.782. The molecule has 0 bridgehead atoms. The van der Waals surface area contributed by atoms with Gasteiger partial charge in [0, 0.05) is 23.1 Å². The van der Waals surface area contributed by atoms with Crippen LogP contribution in [0.15, 0.2) is 47.8 Å². The van der Waals surface area contributed by atoms with Gasteiger partial charge in [-0.3, -0.25) is 0 Å². The summed E-state index contributed by atoms with van der Waals surface area (Å²) >= 11 is 1.71. The molecule has 0 radical (unpaired) electrons. The second-order valence-electron chi connectivity index (χ2n) is 5.34. The van der Waals surface area contributed by atoms with Crippen LogP contribution in [-0.2, 0) is 6.42 Å². The van der Waals surface area contributed by atoms with Gasteiger partial charge in [0.15, 0.2) is 0 Å². The van der Waals surface area contributed by atoms with Crippen molar-refractivity contribution < 1.29 is 0 Å². The van der Waals surface area contributed by atoms with Gasteiger partial charge in [-0.15, -0.1) is 11.3 Å². The molecular weight excluding hydrogens is 276 g/mol. The van der Waals surface area contributed by atoms with E-state index in [4.69, 9.17) is 10.7 Å². The first kappa shape index (κ1) is 13.8. The molecule has 3 aromatic rings. The molecule has 3 heteroatoms. The van der Waals surface area contributed by atoms with Crippen molar-refractivity contribution in [2.24, 2.45) is 0 Å². The molecule has 3 rings (SSSR count). The van der Waals surface area contributed by atoms with E-state index in [1.807, 2.05) is 24.3 Å². The lowest BCUT2D eigenvalue weighted by Crippen LogP contribution is -1.90. The third-order valence-corrected chi connectivity index (χ3v) is 4.53. The number of hydrogen-bond acceptors (Lipinski definition) is 3. The van der Waals surface area contributed by atoms with E-state index in [9.17, 15) is 0 Å². The lowest BCUT2D eigenvalue weighted by molar-refractivity contribution is 1.13. The summed E-state index contributed by atoms with van der Waals surface area (Å²) in [5.41, 5.74) is 12.6. The lowest BCUT2D eigenvalue weighted by atomic mass is 10.0. The Balaban J connectivity index is 1.81. The Morgan fingerprint density at radius 2 is 1.76 bits per heavy atom. The molecule has 0 saturated carbocycles. The maximum absolute atomic E-state index is 5.72. The summed E-state index contributed by atoms with van der Waals surface area (Å²) in [5.74, 6) is 0. The highest BCUT2D eigenvalue weighted by Gasteiger charge is 2.06. The van der Waals surface area contributed by atoms with Crippen LogP contribution in [0.2, 0.25) is 0 Å². The second-order valence-corrected chi connectivity index (χ2v) is 6.29. The van der Waals surface area contributed by atoms with Crippen LogP contribution >= 0.6 is 11.3 Å². The van der Waals surface area contributed by atoms with Crippen molar-refractivity contribution in [3.8, 4) is 11.3 Å². The van der Waals surface area contributed by atoms with Gasteiger partial charge in [-0.2, -0.15) is 0 Å². The number of hydrogen-bond donors (Lipinski definition) is 1. The molecule has 0 aliphatic carbocycles. The van der Waals surface area contributed by atoms with Crippen LogP contribution in [0.5, 0.6) is 0 Å². The minimum Gasteiger partial charge on any atom is -0.399 e. The highest BCUT2D eigenvalue weighted by molar-refractivity contribution is 7.10. The minimum absolute atomic E-state index is 0.782. The van der Waals surface area contributed by atoms with Gasteiger partial charge in [-0.25, -0.2) is 4.98 Å². The number of nitrogens with two attached hydrogens (primary N) is 1. The highest BCUT2D eigenvalue weighted by Crippen LogP contribution is 2.24. The standard InChI is InChI=1S/C18H18N2S/c1-12-3-4-14(9-13(12)2)10-18-20-17(11-21-18)15-5-7-16(19)8-6-15/h3-9,11H,10,19H2,1-2H3. The van der Waals surface area contributed by atoms with Gasteiger partial charge >= 0.3 is 0 Å². The molecule has 0 aliphatic heterocycles. The number of anilines is 1. The molecule has 0 amide bonds. The molecule has 2 nitrogen and oxygen atoms in total. The highest BCUT2D eigenvalue weighted by atomic mass is 32.1. The van der Waals surface area contributed by atoms with Crippen LogP contribution in [0.1, 0.15) is 21.7 Å². The number of benzene rings is 2. The number of rotatable bonds is 3. The van der Waals surface area contributed by atoms with Gasteiger partial charge in [0.25, 0.3) is 0 Å². The molecular formula is C18H18N2S. The predicted molar refractivity (Wildman–Crippen MR) is 90.7 cm³/mol. The molecule has 1 heterocycles. The maximum atomic E-state index is 5.72. The van der Waals surface area contributed by atoms with E-state index in [0.29, 0.717) is 0 Å². The van der Waals surface area contributed by atoms with Crippen LogP contribution in [-0.4, -0.2) is 4.98 Å². The van der Waals surface area contributed by atoms with E-state index >= 15 is 0 Å². The smallest absolute Gasteiger partial charge is 0.0976 e. The third kappa shape index (κ3) is 3.14. The van der Waals surface area contributed by atoms with Crippen LogP contribution < -0.4 is 5.73 Å². The first-order valence-corrected chi connectivity index (χ1v) is 7.86. The Kier molecular flexibility index (Phi) is 3.76. The van der Waals surface area contributed by atoms with Crippen LogP contribution in [0, 0.1) is 13.8 Å². The van der Waals surface area contributed by atoms with Gasteiger partial charge in [-0.05, 0) is 42.7 Å². The molecule has 1 aromatic heterocycles. The Morgan fingerprint density at radius 3 is 2.48 bits per heavy atom. The zero-order chi connectivity index (χ0) is 14.8. The molecule has 21 heavy (non-hydrogen) atoms. The van der Waals surface area contributed by atoms with E-state index in [1.54, 1.807) is 11.3 Å². The molecule has 0 saturated heterocycles. The van der Waals surface area contributed by atoms with Crippen molar-refractivity contribution in [1.82, 2.24) is 4.98 Å². The zero-order valence-electron chi connectivity index (χ0n) is 12.3. The zero-order valence-corrected chi connectivity index (χ0v) is 13.1. The topological polar surface area (TPSA) is 38.9 Å². The molecule has 0 fully saturated rings. The third-order valence-electron chi connectivity index (χ3n) is 3.68. The lowest BCUT2D eigenvalue weighted by Gasteiger charge is -2.03. The Hall–Kier alpha value is -2.13. The quantitative estimate of drug-likeness (QED) is 0.717. The van der Waals surface area contributed by atoms with Crippen molar-refractivity contribution in [2.45, 2.75) is 20.3 Å². The van der Waals surface area contributed by atoms with Crippen LogP contribution in [0.3, 0.4) is 0 Å². The van der Waals surface area contributed by atoms with Crippen molar-refractivity contribution in [3.05, 3.63) is 69.5 Å². The molecule has 0 aliphatic rings. The summed E-state index contributed by atoms with van der Waals surface area (Å²) in [6.45, 7) is 4.29. The van der Waals surface area contributed by atoms with Gasteiger partial charge in [0.05, 0.1) is 10.7 Å². The van der Waals surface area contributed by atoms with Gasteiger partial charge in [-0.1, -0.05) is 30.3 Å². The van der Waals surface area contributed by atoms with E-state index < -0.39 is 0 Å². The molecule has 2 aromatic carbocycles. The molecule has 0 spiro atoms. The van der Waals surface area contributed by atoms with Gasteiger partial charge < -0.3 is 5.73 Å². The second kappa shape index (κ2) is 5.70. The number of thiazole rings is 1. The normalized spacial score (nSPS) is 10.8. The summed E-state index contributed by atoms with van der Waals surface area (Å²) in [7, 11) is 0. The molecule has 106 valence electrons. The summed E-state index contributed by atoms with van der Waals surface area (Å²) in [6, 6.07) is 14.5. The predicted octanol–water partition coefficient (Wildman–Crippen LogP) is 4.60. The molecule has 0 unspecified atom stereocenters. The molecule has 0 atom stereocenters. The van der Waals surface area contributed by atoms with E-state index in [2.05, 4.69) is 37.4 Å². The maximum Gasteiger partial charge on any atom is 0.0976 e. The summed E-state index contributed by atoms with van der Waals surface area (Å²) in [6.07, 6.45) is 0.890.